The smallest absolute Gasteiger partial charge is 0.117 e. The Balaban J connectivity index is 1.76. The van der Waals surface area contributed by atoms with Gasteiger partial charge in [0.1, 0.15) is 11.8 Å². The summed E-state index contributed by atoms with van der Waals surface area (Å²) in [6, 6.07) is 19.8. The molecule has 0 amide bonds. The fourth-order valence-corrected chi connectivity index (χ4v) is 4.13. The maximum atomic E-state index is 11.8. The summed E-state index contributed by atoms with van der Waals surface area (Å²) in [7, 11) is 0. The van der Waals surface area contributed by atoms with Crippen LogP contribution < -0.4 is 0 Å². The van der Waals surface area contributed by atoms with Gasteiger partial charge in [-0.3, -0.25) is 4.90 Å². The number of aliphatic hydroxyl groups excluding tert-OH is 1. The molecule has 3 rings (SSSR count). The van der Waals surface area contributed by atoms with Gasteiger partial charge in [0.05, 0.1) is 0 Å². The molecule has 1 heterocycles. The second-order valence-corrected chi connectivity index (χ2v) is 7.55. The molecule has 0 spiro atoms. The van der Waals surface area contributed by atoms with Crippen molar-refractivity contribution in [2.75, 3.05) is 13.1 Å². The van der Waals surface area contributed by atoms with E-state index in [1.165, 1.54) is 19.3 Å². The first kappa shape index (κ1) is 19.1. The molecule has 3 nitrogen and oxygen atoms in total. The van der Waals surface area contributed by atoms with Crippen LogP contribution in [0.15, 0.2) is 60.7 Å². The lowest BCUT2D eigenvalue weighted by atomic mass is 9.75. The molecule has 3 heteroatoms. The van der Waals surface area contributed by atoms with Crippen LogP contribution in [0.3, 0.4) is 0 Å². The molecular formula is C23H31NO2. The first-order valence-corrected chi connectivity index (χ1v) is 9.88. The van der Waals surface area contributed by atoms with Gasteiger partial charge in [0.25, 0.3) is 0 Å². The highest BCUT2D eigenvalue weighted by Crippen LogP contribution is 2.39. The highest BCUT2D eigenvalue weighted by molar-refractivity contribution is 5.36. The molecule has 0 saturated carbocycles. The first-order chi connectivity index (χ1) is 12.6. The van der Waals surface area contributed by atoms with E-state index >= 15 is 0 Å². The van der Waals surface area contributed by atoms with Crippen molar-refractivity contribution in [1.82, 2.24) is 4.90 Å². The molecule has 0 radical (unpaired) electrons. The van der Waals surface area contributed by atoms with Gasteiger partial charge < -0.3 is 10.2 Å². The van der Waals surface area contributed by atoms with Gasteiger partial charge in [-0.05, 0) is 42.7 Å². The maximum absolute atomic E-state index is 11.8. The van der Waals surface area contributed by atoms with Crippen molar-refractivity contribution >= 4 is 0 Å². The zero-order valence-electron chi connectivity index (χ0n) is 15.7. The minimum absolute atomic E-state index is 0.00765. The van der Waals surface area contributed by atoms with E-state index in [1.807, 2.05) is 60.7 Å². The van der Waals surface area contributed by atoms with Crippen molar-refractivity contribution in [3.05, 3.63) is 71.8 Å². The van der Waals surface area contributed by atoms with Crippen LogP contribution in [-0.4, -0.2) is 34.4 Å². The Morgan fingerprint density at radius 2 is 1.35 bits per heavy atom. The van der Waals surface area contributed by atoms with Gasteiger partial charge in [-0.15, -0.1) is 0 Å². The molecule has 0 aromatic heterocycles. The SMILES string of the molecule is CC(CCC(O)N1CCCCC1)C(O)(c1ccccc1)c1ccccc1. The number of hydrogen-bond acceptors (Lipinski definition) is 3. The van der Waals surface area contributed by atoms with E-state index in [1.54, 1.807) is 0 Å². The lowest BCUT2D eigenvalue weighted by Crippen LogP contribution is -2.40. The van der Waals surface area contributed by atoms with E-state index in [4.69, 9.17) is 0 Å². The van der Waals surface area contributed by atoms with Gasteiger partial charge in [-0.25, -0.2) is 0 Å². The summed E-state index contributed by atoms with van der Waals surface area (Å²) in [6.45, 7) is 4.05. The largest absolute Gasteiger partial charge is 0.380 e. The van der Waals surface area contributed by atoms with E-state index in [9.17, 15) is 10.2 Å². The summed E-state index contributed by atoms with van der Waals surface area (Å²) in [5.41, 5.74) is 0.766. The topological polar surface area (TPSA) is 43.7 Å². The highest BCUT2D eigenvalue weighted by Gasteiger charge is 2.37. The molecule has 1 saturated heterocycles. The van der Waals surface area contributed by atoms with Crippen molar-refractivity contribution in [3.8, 4) is 0 Å². The number of piperidine rings is 1. The number of rotatable bonds is 7. The summed E-state index contributed by atoms with van der Waals surface area (Å²) >= 11 is 0. The van der Waals surface area contributed by atoms with Crippen molar-refractivity contribution in [2.45, 2.75) is 50.9 Å². The second-order valence-electron chi connectivity index (χ2n) is 7.55. The molecule has 2 N–H and O–H groups in total. The molecule has 26 heavy (non-hydrogen) atoms. The molecular weight excluding hydrogens is 322 g/mol. The lowest BCUT2D eigenvalue weighted by molar-refractivity contribution is -0.0313. The van der Waals surface area contributed by atoms with Gasteiger partial charge in [0, 0.05) is 13.1 Å². The third kappa shape index (κ3) is 4.17. The van der Waals surface area contributed by atoms with Crippen LogP contribution in [-0.2, 0) is 5.60 Å². The fourth-order valence-electron chi connectivity index (χ4n) is 4.13. The Hall–Kier alpha value is -1.68. The van der Waals surface area contributed by atoms with Gasteiger partial charge in [-0.1, -0.05) is 74.0 Å². The summed E-state index contributed by atoms with van der Waals surface area (Å²) in [6.07, 6.45) is 4.64. The Bertz CT molecular complexity index is 613. The van der Waals surface area contributed by atoms with Crippen molar-refractivity contribution in [2.24, 2.45) is 5.92 Å². The summed E-state index contributed by atoms with van der Waals surface area (Å²) < 4.78 is 0. The molecule has 0 bridgehead atoms. The van der Waals surface area contributed by atoms with Crippen molar-refractivity contribution in [1.29, 1.82) is 0 Å². The second kappa shape index (κ2) is 8.81. The molecule has 2 aromatic rings. The molecule has 1 aliphatic rings. The summed E-state index contributed by atoms with van der Waals surface area (Å²) in [4.78, 5) is 2.18. The fraction of sp³-hybridized carbons (Fsp3) is 0.478. The third-order valence-corrected chi connectivity index (χ3v) is 5.81. The van der Waals surface area contributed by atoms with E-state index < -0.39 is 11.8 Å². The van der Waals surface area contributed by atoms with E-state index in [-0.39, 0.29) is 5.92 Å². The monoisotopic (exact) mass is 353 g/mol. The minimum Gasteiger partial charge on any atom is -0.380 e. The van der Waals surface area contributed by atoms with Crippen LogP contribution in [0, 0.1) is 5.92 Å². The van der Waals surface area contributed by atoms with Crippen molar-refractivity contribution in [3.63, 3.8) is 0 Å². The Morgan fingerprint density at radius 1 is 0.846 bits per heavy atom. The zero-order valence-corrected chi connectivity index (χ0v) is 15.7. The Labute approximate surface area is 157 Å². The summed E-state index contributed by atoms with van der Waals surface area (Å²) in [5.74, 6) is -0.00765. The predicted molar refractivity (Wildman–Crippen MR) is 106 cm³/mol. The number of aliphatic hydroxyl groups is 2. The summed E-state index contributed by atoms with van der Waals surface area (Å²) in [5, 5.41) is 22.3. The average molecular weight is 354 g/mol. The van der Waals surface area contributed by atoms with E-state index in [0.717, 1.165) is 30.6 Å². The number of nitrogens with zero attached hydrogens (tertiary/aromatic N) is 1. The lowest BCUT2D eigenvalue weighted by Gasteiger charge is -2.37. The van der Waals surface area contributed by atoms with Crippen molar-refractivity contribution < 1.29 is 10.2 Å². The molecule has 2 unspecified atom stereocenters. The highest BCUT2D eigenvalue weighted by atomic mass is 16.3. The molecule has 1 aliphatic heterocycles. The third-order valence-electron chi connectivity index (χ3n) is 5.81. The Morgan fingerprint density at radius 3 is 1.85 bits per heavy atom. The molecule has 2 aromatic carbocycles. The predicted octanol–water partition coefficient (Wildman–Crippen LogP) is 4.14. The van der Waals surface area contributed by atoms with Gasteiger partial charge in [0.2, 0.25) is 0 Å². The number of hydrogen-bond donors (Lipinski definition) is 2. The standard InChI is InChI=1S/C23H31NO2/c1-19(15-16-22(25)24-17-9-4-10-18-24)23(26,20-11-5-2-6-12-20)21-13-7-3-8-14-21/h2-3,5-8,11-14,19,22,25-26H,4,9-10,15-18H2,1H3. The quantitative estimate of drug-likeness (QED) is 0.786. The van der Waals surface area contributed by atoms with Crippen LogP contribution in [0.5, 0.6) is 0 Å². The molecule has 2 atom stereocenters. The zero-order chi connectivity index (χ0) is 18.4. The van der Waals surface area contributed by atoms with Crippen LogP contribution >= 0.6 is 0 Å². The normalized spacial score (nSPS) is 18.4. The molecule has 140 valence electrons. The molecule has 1 fully saturated rings. The van der Waals surface area contributed by atoms with Crippen LogP contribution in [0.4, 0.5) is 0 Å². The maximum Gasteiger partial charge on any atom is 0.117 e. The number of likely N-dealkylation sites (tertiary alicyclic amines) is 1. The van der Waals surface area contributed by atoms with Gasteiger partial charge >= 0.3 is 0 Å². The van der Waals surface area contributed by atoms with Gasteiger partial charge in [0.15, 0.2) is 0 Å². The average Bonchev–Trinajstić information content (AvgIpc) is 2.73. The Kier molecular flexibility index (Phi) is 6.47. The van der Waals surface area contributed by atoms with Crippen LogP contribution in [0.1, 0.15) is 50.2 Å². The first-order valence-electron chi connectivity index (χ1n) is 9.88. The number of benzene rings is 2. The van der Waals surface area contributed by atoms with Crippen LogP contribution in [0.25, 0.3) is 0 Å². The van der Waals surface area contributed by atoms with E-state index in [0.29, 0.717) is 6.42 Å². The van der Waals surface area contributed by atoms with Crippen LogP contribution in [0.2, 0.25) is 0 Å². The van der Waals surface area contributed by atoms with E-state index in [2.05, 4.69) is 11.8 Å². The molecule has 0 aliphatic carbocycles. The minimum atomic E-state index is -1.05. The van der Waals surface area contributed by atoms with Gasteiger partial charge in [-0.2, -0.15) is 0 Å².